The van der Waals surface area contributed by atoms with Gasteiger partial charge in [-0.1, -0.05) is 6.07 Å². The Kier molecular flexibility index (Phi) is 3.38. The van der Waals surface area contributed by atoms with Crippen LogP contribution in [0.1, 0.15) is 0 Å². The molecule has 0 aliphatic heterocycles. The first-order valence-corrected chi connectivity index (χ1v) is 5.43. The van der Waals surface area contributed by atoms with E-state index in [0.29, 0.717) is 0 Å². The van der Waals surface area contributed by atoms with Crippen LogP contribution in [-0.4, -0.2) is 0 Å². The van der Waals surface area contributed by atoms with Gasteiger partial charge in [-0.25, -0.2) is 13.2 Å². The molecule has 0 saturated heterocycles. The molecule has 0 aliphatic rings. The molecule has 2 aromatic rings. The fraction of sp³-hybridized carbons (Fsp3) is 0. The first kappa shape index (κ1) is 12.0. The monoisotopic (exact) mass is 302 g/mol. The number of ether oxygens (including phenoxy) is 1. The molecule has 5 heteroatoms. The molecule has 0 radical (unpaired) electrons. The summed E-state index contributed by atoms with van der Waals surface area (Å²) in [4.78, 5) is 0. The van der Waals surface area contributed by atoms with E-state index in [4.69, 9.17) is 4.74 Å². The van der Waals surface area contributed by atoms with Gasteiger partial charge in [-0.15, -0.1) is 0 Å². The Morgan fingerprint density at radius 3 is 2.41 bits per heavy atom. The minimum Gasteiger partial charge on any atom is -0.454 e. The molecule has 0 spiro atoms. The van der Waals surface area contributed by atoms with Gasteiger partial charge in [0.05, 0.1) is 4.47 Å². The van der Waals surface area contributed by atoms with E-state index in [9.17, 15) is 13.2 Å². The van der Waals surface area contributed by atoms with Crippen molar-refractivity contribution in [3.8, 4) is 11.5 Å². The van der Waals surface area contributed by atoms with Crippen molar-refractivity contribution in [1.29, 1.82) is 0 Å². The van der Waals surface area contributed by atoms with Crippen molar-refractivity contribution in [3.63, 3.8) is 0 Å². The van der Waals surface area contributed by atoms with Gasteiger partial charge < -0.3 is 4.74 Å². The smallest absolute Gasteiger partial charge is 0.180 e. The van der Waals surface area contributed by atoms with Gasteiger partial charge in [0.25, 0.3) is 0 Å². The molecule has 0 unspecified atom stereocenters. The van der Waals surface area contributed by atoms with Crippen LogP contribution in [0.3, 0.4) is 0 Å². The number of rotatable bonds is 2. The van der Waals surface area contributed by atoms with Gasteiger partial charge in [0.2, 0.25) is 0 Å². The van der Waals surface area contributed by atoms with Gasteiger partial charge in [-0.05, 0) is 34.1 Å². The molecule has 0 heterocycles. The highest BCUT2D eigenvalue weighted by Crippen LogP contribution is 2.30. The van der Waals surface area contributed by atoms with Crippen molar-refractivity contribution in [2.45, 2.75) is 0 Å². The van der Waals surface area contributed by atoms with Crippen LogP contribution < -0.4 is 4.74 Å². The number of hydrogen-bond donors (Lipinski definition) is 0. The van der Waals surface area contributed by atoms with Crippen molar-refractivity contribution in [2.24, 2.45) is 0 Å². The van der Waals surface area contributed by atoms with Crippen molar-refractivity contribution >= 4 is 15.9 Å². The van der Waals surface area contributed by atoms with Crippen molar-refractivity contribution in [1.82, 2.24) is 0 Å². The summed E-state index contributed by atoms with van der Waals surface area (Å²) >= 11 is 2.86. The fourth-order valence-electron chi connectivity index (χ4n) is 1.26. The number of halogens is 4. The summed E-state index contributed by atoms with van der Waals surface area (Å²) in [5, 5.41) is 0. The molecule has 0 aliphatic carbocycles. The molecule has 2 aromatic carbocycles. The summed E-state index contributed by atoms with van der Waals surface area (Å²) in [7, 11) is 0. The largest absolute Gasteiger partial charge is 0.454 e. The average Bonchev–Trinajstić information content (AvgIpc) is 2.25. The number of benzene rings is 2. The zero-order valence-corrected chi connectivity index (χ0v) is 9.97. The average molecular weight is 303 g/mol. The molecule has 0 aromatic heterocycles. The molecular formula is C12H6BrF3O. The second-order valence-corrected chi connectivity index (χ2v) is 4.11. The van der Waals surface area contributed by atoms with Crippen LogP contribution in [-0.2, 0) is 0 Å². The van der Waals surface area contributed by atoms with E-state index < -0.39 is 17.5 Å². The zero-order chi connectivity index (χ0) is 12.4. The highest BCUT2D eigenvalue weighted by atomic mass is 79.9. The van der Waals surface area contributed by atoms with Crippen LogP contribution in [0.15, 0.2) is 40.9 Å². The van der Waals surface area contributed by atoms with E-state index in [1.807, 2.05) is 0 Å². The van der Waals surface area contributed by atoms with Gasteiger partial charge in [0.15, 0.2) is 11.6 Å². The third-order valence-corrected chi connectivity index (χ3v) is 2.56. The molecule has 1 nitrogen and oxygen atoms in total. The predicted octanol–water partition coefficient (Wildman–Crippen LogP) is 4.66. The molecule has 2 rings (SSSR count). The fourth-order valence-corrected chi connectivity index (χ4v) is 1.68. The van der Waals surface area contributed by atoms with E-state index >= 15 is 0 Å². The maximum absolute atomic E-state index is 13.5. The quantitative estimate of drug-likeness (QED) is 0.733. The molecule has 0 saturated carbocycles. The lowest BCUT2D eigenvalue weighted by molar-refractivity contribution is 0.431. The minimum absolute atomic E-state index is 0.0519. The lowest BCUT2D eigenvalue weighted by atomic mass is 10.3. The second-order valence-electron chi connectivity index (χ2n) is 3.26. The van der Waals surface area contributed by atoms with E-state index in [-0.39, 0.29) is 16.0 Å². The zero-order valence-electron chi connectivity index (χ0n) is 8.38. The molecule has 0 atom stereocenters. The van der Waals surface area contributed by atoms with Gasteiger partial charge in [-0.3, -0.25) is 0 Å². The van der Waals surface area contributed by atoms with Crippen molar-refractivity contribution in [2.75, 3.05) is 0 Å². The van der Waals surface area contributed by atoms with Crippen LogP contribution in [0, 0.1) is 17.5 Å². The Balaban J connectivity index is 2.36. The lowest BCUT2D eigenvalue weighted by Gasteiger charge is -2.07. The van der Waals surface area contributed by atoms with Gasteiger partial charge in [-0.2, -0.15) is 0 Å². The molecular weight excluding hydrogens is 297 g/mol. The van der Waals surface area contributed by atoms with E-state index in [0.717, 1.165) is 18.2 Å². The Hall–Kier alpha value is -1.49. The Labute approximate surface area is 104 Å². The van der Waals surface area contributed by atoms with Gasteiger partial charge in [0, 0.05) is 12.1 Å². The second kappa shape index (κ2) is 4.79. The lowest BCUT2D eigenvalue weighted by Crippen LogP contribution is -1.91. The highest BCUT2D eigenvalue weighted by molar-refractivity contribution is 9.10. The van der Waals surface area contributed by atoms with Gasteiger partial charge in [0.1, 0.15) is 17.4 Å². The first-order chi connectivity index (χ1) is 8.06. The van der Waals surface area contributed by atoms with Crippen molar-refractivity contribution in [3.05, 3.63) is 58.3 Å². The maximum Gasteiger partial charge on any atom is 0.180 e. The van der Waals surface area contributed by atoms with Gasteiger partial charge >= 0.3 is 0 Å². The molecule has 0 N–H and O–H groups in total. The van der Waals surface area contributed by atoms with Crippen LogP contribution >= 0.6 is 15.9 Å². The summed E-state index contributed by atoms with van der Waals surface area (Å²) < 4.78 is 44.5. The van der Waals surface area contributed by atoms with Crippen LogP contribution in [0.2, 0.25) is 0 Å². The third-order valence-electron chi connectivity index (χ3n) is 1.98. The summed E-state index contributed by atoms with van der Waals surface area (Å²) in [6.45, 7) is 0. The molecule has 17 heavy (non-hydrogen) atoms. The Bertz CT molecular complexity index is 557. The topological polar surface area (TPSA) is 9.23 Å². The van der Waals surface area contributed by atoms with Crippen LogP contribution in [0.5, 0.6) is 11.5 Å². The maximum atomic E-state index is 13.5. The first-order valence-electron chi connectivity index (χ1n) is 4.64. The molecule has 0 amide bonds. The van der Waals surface area contributed by atoms with Crippen molar-refractivity contribution < 1.29 is 17.9 Å². The summed E-state index contributed by atoms with van der Waals surface area (Å²) in [5.41, 5.74) is 0. The Morgan fingerprint density at radius 2 is 1.71 bits per heavy atom. The Morgan fingerprint density at radius 1 is 0.941 bits per heavy atom. The van der Waals surface area contributed by atoms with E-state index in [1.165, 1.54) is 18.2 Å². The molecule has 0 fully saturated rings. The third kappa shape index (κ3) is 2.79. The predicted molar refractivity (Wildman–Crippen MR) is 60.5 cm³/mol. The normalized spacial score (nSPS) is 10.4. The van der Waals surface area contributed by atoms with E-state index in [2.05, 4.69) is 15.9 Å². The highest BCUT2D eigenvalue weighted by Gasteiger charge is 2.11. The SMILES string of the molecule is Fc1cccc(Oc2cc(F)cc(Br)c2F)c1. The van der Waals surface area contributed by atoms with E-state index in [1.54, 1.807) is 0 Å². The number of hydrogen-bond acceptors (Lipinski definition) is 1. The summed E-state index contributed by atoms with van der Waals surface area (Å²) in [6.07, 6.45) is 0. The summed E-state index contributed by atoms with van der Waals surface area (Å²) in [5.74, 6) is -2.11. The standard InChI is InChI=1S/C12H6BrF3O/c13-10-5-8(15)6-11(12(10)16)17-9-3-1-2-7(14)4-9/h1-6H. The van der Waals surface area contributed by atoms with Crippen LogP contribution in [0.4, 0.5) is 13.2 Å². The summed E-state index contributed by atoms with van der Waals surface area (Å²) in [6, 6.07) is 7.04. The molecule has 0 bridgehead atoms. The van der Waals surface area contributed by atoms with Crippen LogP contribution in [0.25, 0.3) is 0 Å². The molecule has 88 valence electrons. The minimum atomic E-state index is -0.740.